The van der Waals surface area contributed by atoms with Gasteiger partial charge >= 0.3 is 6.18 Å². The Morgan fingerprint density at radius 2 is 1.94 bits per heavy atom. The summed E-state index contributed by atoms with van der Waals surface area (Å²) in [5.74, 6) is 0.332. The Bertz CT molecular complexity index is 489. The van der Waals surface area contributed by atoms with Gasteiger partial charge in [-0.05, 0) is 34.1 Å². The first-order valence-electron chi connectivity index (χ1n) is 4.21. The van der Waals surface area contributed by atoms with Gasteiger partial charge in [0.15, 0.2) is 11.5 Å². The standard InChI is InChI=1S/C9H5BrF3N3/c10-6-1-2-8(14-5-6)16-4-3-7(15-16)9(11,12)13/h1-5H. The molecule has 2 heterocycles. The molecule has 16 heavy (non-hydrogen) atoms. The van der Waals surface area contributed by atoms with E-state index in [0.29, 0.717) is 5.82 Å². The van der Waals surface area contributed by atoms with E-state index in [9.17, 15) is 13.2 Å². The highest BCUT2D eigenvalue weighted by Crippen LogP contribution is 2.27. The minimum atomic E-state index is -4.43. The molecule has 0 aliphatic rings. The SMILES string of the molecule is FC(F)(F)c1ccn(-c2ccc(Br)cn2)n1. The Morgan fingerprint density at radius 1 is 1.19 bits per heavy atom. The van der Waals surface area contributed by atoms with Crippen LogP contribution in [0.3, 0.4) is 0 Å². The van der Waals surface area contributed by atoms with Crippen molar-refractivity contribution in [3.63, 3.8) is 0 Å². The van der Waals surface area contributed by atoms with Gasteiger partial charge in [-0.25, -0.2) is 9.67 Å². The van der Waals surface area contributed by atoms with E-state index in [1.165, 1.54) is 12.4 Å². The highest BCUT2D eigenvalue weighted by atomic mass is 79.9. The predicted molar refractivity (Wildman–Crippen MR) is 54.1 cm³/mol. The molecule has 2 aromatic heterocycles. The maximum atomic E-state index is 12.3. The fraction of sp³-hybridized carbons (Fsp3) is 0.111. The van der Waals surface area contributed by atoms with Crippen LogP contribution in [0.25, 0.3) is 5.82 Å². The Kier molecular flexibility index (Phi) is 2.71. The zero-order valence-electron chi connectivity index (χ0n) is 7.74. The van der Waals surface area contributed by atoms with Crippen molar-refractivity contribution in [2.75, 3.05) is 0 Å². The van der Waals surface area contributed by atoms with E-state index >= 15 is 0 Å². The lowest BCUT2D eigenvalue weighted by atomic mass is 10.4. The van der Waals surface area contributed by atoms with Crippen LogP contribution in [0, 0.1) is 0 Å². The van der Waals surface area contributed by atoms with Gasteiger partial charge < -0.3 is 0 Å². The van der Waals surface area contributed by atoms with Gasteiger partial charge in [-0.2, -0.15) is 18.3 Å². The first kappa shape index (κ1) is 11.1. The van der Waals surface area contributed by atoms with E-state index in [4.69, 9.17) is 0 Å². The molecule has 0 atom stereocenters. The van der Waals surface area contributed by atoms with Gasteiger partial charge in [-0.15, -0.1) is 0 Å². The molecule has 0 N–H and O–H groups in total. The van der Waals surface area contributed by atoms with E-state index in [1.54, 1.807) is 12.1 Å². The lowest BCUT2D eigenvalue weighted by Crippen LogP contribution is -2.07. The number of nitrogens with zero attached hydrogens (tertiary/aromatic N) is 3. The molecule has 0 saturated heterocycles. The molecule has 0 radical (unpaired) electrons. The van der Waals surface area contributed by atoms with Gasteiger partial charge in [0.05, 0.1) is 0 Å². The summed E-state index contributed by atoms with van der Waals surface area (Å²) < 4.78 is 38.7. The zero-order valence-corrected chi connectivity index (χ0v) is 9.33. The quantitative estimate of drug-likeness (QED) is 0.808. The lowest BCUT2D eigenvalue weighted by Gasteiger charge is -2.02. The molecule has 7 heteroatoms. The van der Waals surface area contributed by atoms with Gasteiger partial charge in [0, 0.05) is 16.9 Å². The van der Waals surface area contributed by atoms with Crippen molar-refractivity contribution in [3.05, 3.63) is 40.8 Å². The molecule has 0 unspecified atom stereocenters. The normalized spacial score (nSPS) is 11.8. The summed E-state index contributed by atoms with van der Waals surface area (Å²) in [5.41, 5.74) is -0.933. The number of aromatic nitrogens is 3. The van der Waals surface area contributed by atoms with Crippen LogP contribution >= 0.6 is 15.9 Å². The molecule has 0 aromatic carbocycles. The number of rotatable bonds is 1. The van der Waals surface area contributed by atoms with Crippen LogP contribution in [0.15, 0.2) is 35.1 Å². The van der Waals surface area contributed by atoms with Crippen LogP contribution in [0.1, 0.15) is 5.69 Å². The van der Waals surface area contributed by atoms with E-state index in [2.05, 4.69) is 26.0 Å². The monoisotopic (exact) mass is 291 g/mol. The second-order valence-electron chi connectivity index (χ2n) is 2.98. The maximum Gasteiger partial charge on any atom is 0.435 e. The Balaban J connectivity index is 2.35. The van der Waals surface area contributed by atoms with Gasteiger partial charge in [0.25, 0.3) is 0 Å². The van der Waals surface area contributed by atoms with Crippen molar-refractivity contribution in [2.24, 2.45) is 0 Å². The van der Waals surface area contributed by atoms with Crippen molar-refractivity contribution in [2.45, 2.75) is 6.18 Å². The average molecular weight is 292 g/mol. The summed E-state index contributed by atoms with van der Waals surface area (Å²) in [4.78, 5) is 3.93. The van der Waals surface area contributed by atoms with Gasteiger partial charge in [0.1, 0.15) is 0 Å². The minimum absolute atomic E-state index is 0.332. The van der Waals surface area contributed by atoms with Crippen molar-refractivity contribution < 1.29 is 13.2 Å². The molecule has 2 rings (SSSR count). The third kappa shape index (κ3) is 2.24. The number of hydrogen-bond acceptors (Lipinski definition) is 2. The van der Waals surface area contributed by atoms with Crippen molar-refractivity contribution in [3.8, 4) is 5.82 Å². The first-order chi connectivity index (χ1) is 7.47. The van der Waals surface area contributed by atoms with Crippen molar-refractivity contribution in [1.29, 1.82) is 0 Å². The van der Waals surface area contributed by atoms with Gasteiger partial charge in [0.2, 0.25) is 0 Å². The molecule has 0 amide bonds. The van der Waals surface area contributed by atoms with Crippen molar-refractivity contribution >= 4 is 15.9 Å². The Hall–Kier alpha value is -1.37. The summed E-state index contributed by atoms with van der Waals surface area (Å²) in [7, 11) is 0. The molecule has 0 aliphatic heterocycles. The predicted octanol–water partition coefficient (Wildman–Crippen LogP) is 3.05. The number of hydrogen-bond donors (Lipinski definition) is 0. The number of halogens is 4. The first-order valence-corrected chi connectivity index (χ1v) is 5.01. The highest BCUT2D eigenvalue weighted by Gasteiger charge is 2.33. The molecule has 0 bridgehead atoms. The fourth-order valence-electron chi connectivity index (χ4n) is 1.11. The Labute approximate surface area is 97.0 Å². The largest absolute Gasteiger partial charge is 0.435 e. The lowest BCUT2D eigenvalue weighted by molar-refractivity contribution is -0.141. The molecule has 0 saturated carbocycles. The zero-order chi connectivity index (χ0) is 11.8. The Morgan fingerprint density at radius 3 is 2.44 bits per heavy atom. The summed E-state index contributed by atoms with van der Waals surface area (Å²) in [6, 6.07) is 4.15. The van der Waals surface area contributed by atoms with Crippen molar-refractivity contribution in [1.82, 2.24) is 14.8 Å². The summed E-state index contributed by atoms with van der Waals surface area (Å²) in [6.45, 7) is 0. The summed E-state index contributed by atoms with van der Waals surface area (Å²) >= 11 is 3.18. The van der Waals surface area contributed by atoms with Gasteiger partial charge in [-0.1, -0.05) is 0 Å². The molecule has 3 nitrogen and oxygen atoms in total. The van der Waals surface area contributed by atoms with E-state index in [0.717, 1.165) is 15.2 Å². The third-order valence-corrected chi connectivity index (χ3v) is 2.30. The number of alkyl halides is 3. The third-order valence-electron chi connectivity index (χ3n) is 1.83. The molecule has 0 aliphatic carbocycles. The van der Waals surface area contributed by atoms with E-state index in [-0.39, 0.29) is 0 Å². The second kappa shape index (κ2) is 3.89. The molecule has 84 valence electrons. The second-order valence-corrected chi connectivity index (χ2v) is 3.89. The van der Waals surface area contributed by atoms with Crippen LogP contribution < -0.4 is 0 Å². The molecule has 2 aromatic rings. The van der Waals surface area contributed by atoms with E-state index in [1.807, 2.05) is 0 Å². The van der Waals surface area contributed by atoms with Crippen LogP contribution in [-0.4, -0.2) is 14.8 Å². The highest BCUT2D eigenvalue weighted by molar-refractivity contribution is 9.10. The minimum Gasteiger partial charge on any atom is -0.236 e. The van der Waals surface area contributed by atoms with Crippen LogP contribution in [0.5, 0.6) is 0 Å². The smallest absolute Gasteiger partial charge is 0.236 e. The van der Waals surface area contributed by atoms with Crippen LogP contribution in [0.2, 0.25) is 0 Å². The number of pyridine rings is 1. The molecule has 0 spiro atoms. The molecular weight excluding hydrogens is 287 g/mol. The average Bonchev–Trinajstić information content (AvgIpc) is 2.67. The van der Waals surface area contributed by atoms with Crippen LogP contribution in [-0.2, 0) is 6.18 Å². The fourth-order valence-corrected chi connectivity index (χ4v) is 1.34. The molecular formula is C9H5BrF3N3. The topological polar surface area (TPSA) is 30.7 Å². The van der Waals surface area contributed by atoms with E-state index < -0.39 is 11.9 Å². The summed E-state index contributed by atoms with van der Waals surface area (Å²) in [5, 5.41) is 3.40. The van der Waals surface area contributed by atoms with Crippen LogP contribution in [0.4, 0.5) is 13.2 Å². The summed E-state index contributed by atoms with van der Waals surface area (Å²) in [6.07, 6.45) is -1.72. The molecule has 0 fully saturated rings. The van der Waals surface area contributed by atoms with Gasteiger partial charge in [-0.3, -0.25) is 0 Å². The maximum absolute atomic E-state index is 12.3.